The van der Waals surface area contributed by atoms with Gasteiger partial charge >= 0.3 is 0 Å². The third-order valence-electron chi connectivity index (χ3n) is 3.15. The Labute approximate surface area is 119 Å². The van der Waals surface area contributed by atoms with E-state index in [4.69, 9.17) is 5.73 Å². The Morgan fingerprint density at radius 1 is 1.15 bits per heavy atom. The van der Waals surface area contributed by atoms with E-state index in [0.29, 0.717) is 6.54 Å². The van der Waals surface area contributed by atoms with Crippen LogP contribution in [0.15, 0.2) is 30.3 Å². The van der Waals surface area contributed by atoms with Gasteiger partial charge in [0.2, 0.25) is 11.8 Å². The Morgan fingerprint density at radius 2 is 1.80 bits per heavy atom. The molecule has 1 aromatic carbocycles. The number of carbonyl (C=O) groups is 2. The second-order valence-electron chi connectivity index (χ2n) is 5.07. The van der Waals surface area contributed by atoms with Gasteiger partial charge in [-0.15, -0.1) is 0 Å². The summed E-state index contributed by atoms with van der Waals surface area (Å²) in [5, 5.41) is 5.38. The summed E-state index contributed by atoms with van der Waals surface area (Å²) in [4.78, 5) is 23.5. The predicted octanol–water partition coefficient (Wildman–Crippen LogP) is 0.650. The molecule has 0 saturated heterocycles. The summed E-state index contributed by atoms with van der Waals surface area (Å²) in [7, 11) is 0. The van der Waals surface area contributed by atoms with Gasteiger partial charge in [0.25, 0.3) is 0 Å². The second kappa shape index (κ2) is 8.32. The van der Waals surface area contributed by atoms with Crippen LogP contribution in [0.2, 0.25) is 0 Å². The minimum absolute atomic E-state index is 0.0190. The lowest BCUT2D eigenvalue weighted by atomic mass is 9.95. The lowest BCUT2D eigenvalue weighted by Crippen LogP contribution is -2.42. The largest absolute Gasteiger partial charge is 0.350 e. The minimum Gasteiger partial charge on any atom is -0.350 e. The zero-order chi connectivity index (χ0) is 15.0. The van der Waals surface area contributed by atoms with Gasteiger partial charge in [-0.25, -0.2) is 0 Å². The first kappa shape index (κ1) is 16.2. The van der Waals surface area contributed by atoms with Crippen LogP contribution in [0.25, 0.3) is 0 Å². The van der Waals surface area contributed by atoms with E-state index in [0.717, 1.165) is 5.56 Å². The lowest BCUT2D eigenvalue weighted by molar-refractivity contribution is -0.129. The minimum atomic E-state index is -0.253. The first-order valence-electron chi connectivity index (χ1n) is 6.83. The fourth-order valence-corrected chi connectivity index (χ4v) is 1.84. The van der Waals surface area contributed by atoms with E-state index in [1.54, 1.807) is 0 Å². The average Bonchev–Trinajstić information content (AvgIpc) is 2.44. The molecule has 0 aromatic heterocycles. The number of amides is 2. The van der Waals surface area contributed by atoms with Gasteiger partial charge in [-0.3, -0.25) is 9.59 Å². The molecule has 1 unspecified atom stereocenters. The third kappa shape index (κ3) is 5.40. The molecule has 1 rings (SSSR count). The molecule has 2 amide bonds. The molecule has 0 saturated carbocycles. The van der Waals surface area contributed by atoms with E-state index in [-0.39, 0.29) is 36.7 Å². The van der Waals surface area contributed by atoms with Crippen LogP contribution in [-0.2, 0) is 16.1 Å². The van der Waals surface area contributed by atoms with Crippen molar-refractivity contribution in [3.63, 3.8) is 0 Å². The van der Waals surface area contributed by atoms with Crippen molar-refractivity contribution in [1.82, 2.24) is 10.6 Å². The molecule has 0 aliphatic carbocycles. The first-order valence-corrected chi connectivity index (χ1v) is 6.83. The zero-order valence-electron chi connectivity index (χ0n) is 12.1. The average molecular weight is 277 g/mol. The van der Waals surface area contributed by atoms with Gasteiger partial charge in [-0.05, 0) is 11.5 Å². The maximum Gasteiger partial charge on any atom is 0.239 e. The van der Waals surface area contributed by atoms with Crippen molar-refractivity contribution in [2.75, 3.05) is 13.1 Å². The molecule has 4 N–H and O–H groups in total. The number of nitrogens with one attached hydrogen (secondary N) is 2. The maximum absolute atomic E-state index is 11.8. The van der Waals surface area contributed by atoms with Gasteiger partial charge in [0.1, 0.15) is 0 Å². The number of nitrogens with two attached hydrogens (primary N) is 1. The van der Waals surface area contributed by atoms with E-state index in [2.05, 4.69) is 10.6 Å². The van der Waals surface area contributed by atoms with Crippen LogP contribution < -0.4 is 16.4 Å². The fraction of sp³-hybridized carbons (Fsp3) is 0.467. The highest BCUT2D eigenvalue weighted by Crippen LogP contribution is 2.08. The Balaban J connectivity index is 2.31. The van der Waals surface area contributed by atoms with Crippen LogP contribution in [-0.4, -0.2) is 24.9 Å². The molecule has 0 heterocycles. The van der Waals surface area contributed by atoms with Crippen molar-refractivity contribution in [1.29, 1.82) is 0 Å². The van der Waals surface area contributed by atoms with Gasteiger partial charge in [-0.1, -0.05) is 44.2 Å². The SMILES string of the molecule is CC(C)C(CN)C(=O)NCC(=O)NCc1ccccc1. The van der Waals surface area contributed by atoms with E-state index in [9.17, 15) is 9.59 Å². The summed E-state index contributed by atoms with van der Waals surface area (Å²) in [6.45, 7) is 4.60. The molecule has 5 heteroatoms. The highest BCUT2D eigenvalue weighted by Gasteiger charge is 2.20. The molecule has 0 bridgehead atoms. The number of hydrogen-bond donors (Lipinski definition) is 3. The topological polar surface area (TPSA) is 84.2 Å². The molecular weight excluding hydrogens is 254 g/mol. The van der Waals surface area contributed by atoms with E-state index in [1.807, 2.05) is 44.2 Å². The highest BCUT2D eigenvalue weighted by atomic mass is 16.2. The van der Waals surface area contributed by atoms with Crippen molar-refractivity contribution in [2.24, 2.45) is 17.6 Å². The molecule has 20 heavy (non-hydrogen) atoms. The number of carbonyl (C=O) groups excluding carboxylic acids is 2. The van der Waals surface area contributed by atoms with Crippen molar-refractivity contribution in [3.8, 4) is 0 Å². The van der Waals surface area contributed by atoms with Crippen molar-refractivity contribution >= 4 is 11.8 Å². The van der Waals surface area contributed by atoms with Crippen LogP contribution in [0.1, 0.15) is 19.4 Å². The standard InChI is InChI=1S/C15H23N3O2/c1-11(2)13(8-16)15(20)18-10-14(19)17-9-12-6-4-3-5-7-12/h3-7,11,13H,8-10,16H2,1-2H3,(H,17,19)(H,18,20). The molecule has 5 nitrogen and oxygen atoms in total. The van der Waals surface area contributed by atoms with Crippen LogP contribution in [0.3, 0.4) is 0 Å². The van der Waals surface area contributed by atoms with Gasteiger partial charge < -0.3 is 16.4 Å². The summed E-state index contributed by atoms with van der Waals surface area (Å²) < 4.78 is 0. The molecule has 0 aliphatic heterocycles. The molecule has 0 fully saturated rings. The molecule has 0 radical (unpaired) electrons. The highest BCUT2D eigenvalue weighted by molar-refractivity contribution is 5.85. The van der Waals surface area contributed by atoms with Gasteiger partial charge in [-0.2, -0.15) is 0 Å². The fourth-order valence-electron chi connectivity index (χ4n) is 1.84. The second-order valence-corrected chi connectivity index (χ2v) is 5.07. The van der Waals surface area contributed by atoms with Gasteiger partial charge in [0, 0.05) is 13.1 Å². The van der Waals surface area contributed by atoms with Gasteiger partial charge in [0.05, 0.1) is 12.5 Å². The third-order valence-corrected chi connectivity index (χ3v) is 3.15. The number of rotatable bonds is 7. The molecular formula is C15H23N3O2. The zero-order valence-corrected chi connectivity index (χ0v) is 12.1. The normalized spacial score (nSPS) is 12.0. The first-order chi connectivity index (χ1) is 9.54. The molecule has 1 atom stereocenters. The Morgan fingerprint density at radius 3 is 2.35 bits per heavy atom. The number of benzene rings is 1. The van der Waals surface area contributed by atoms with Gasteiger partial charge in [0.15, 0.2) is 0 Å². The lowest BCUT2D eigenvalue weighted by Gasteiger charge is -2.18. The van der Waals surface area contributed by atoms with E-state index in [1.165, 1.54) is 0 Å². The molecule has 110 valence electrons. The van der Waals surface area contributed by atoms with Crippen LogP contribution in [0.5, 0.6) is 0 Å². The van der Waals surface area contributed by atoms with E-state index < -0.39 is 0 Å². The summed E-state index contributed by atoms with van der Waals surface area (Å²) >= 11 is 0. The van der Waals surface area contributed by atoms with Crippen LogP contribution in [0.4, 0.5) is 0 Å². The molecule has 0 spiro atoms. The smallest absolute Gasteiger partial charge is 0.239 e. The summed E-state index contributed by atoms with van der Waals surface area (Å²) in [5.74, 6) is -0.469. The predicted molar refractivity (Wildman–Crippen MR) is 78.7 cm³/mol. The van der Waals surface area contributed by atoms with Crippen LogP contribution in [0, 0.1) is 11.8 Å². The van der Waals surface area contributed by atoms with Crippen molar-refractivity contribution in [3.05, 3.63) is 35.9 Å². The Kier molecular flexibility index (Phi) is 6.73. The summed E-state index contributed by atoms with van der Waals surface area (Å²) in [6, 6.07) is 9.62. The molecule has 0 aliphatic rings. The maximum atomic E-state index is 11.8. The van der Waals surface area contributed by atoms with Crippen LogP contribution >= 0.6 is 0 Å². The summed E-state index contributed by atoms with van der Waals surface area (Å²) in [6.07, 6.45) is 0. The summed E-state index contributed by atoms with van der Waals surface area (Å²) in [5.41, 5.74) is 6.58. The van der Waals surface area contributed by atoms with Crippen molar-refractivity contribution in [2.45, 2.75) is 20.4 Å². The molecule has 1 aromatic rings. The monoisotopic (exact) mass is 277 g/mol. The quantitative estimate of drug-likeness (QED) is 0.684. The Hall–Kier alpha value is -1.88. The number of hydrogen-bond acceptors (Lipinski definition) is 3. The van der Waals surface area contributed by atoms with E-state index >= 15 is 0 Å². The Bertz CT molecular complexity index is 432. The van der Waals surface area contributed by atoms with Crippen molar-refractivity contribution < 1.29 is 9.59 Å².